The van der Waals surface area contributed by atoms with E-state index in [1.807, 2.05) is 18.2 Å². The maximum absolute atomic E-state index is 12.8. The lowest BCUT2D eigenvalue weighted by Gasteiger charge is -2.24. The molecule has 2 aromatic carbocycles. The van der Waals surface area contributed by atoms with Crippen molar-refractivity contribution in [3.63, 3.8) is 0 Å². The SMILES string of the molecule is COc1cc(OC)cc(C(=O)NC2CCc3[nH]c4cc(Cl)ccc4c3C2)c1. The van der Waals surface area contributed by atoms with Crippen LogP contribution in [0.15, 0.2) is 36.4 Å². The fourth-order valence-corrected chi connectivity index (χ4v) is 3.90. The summed E-state index contributed by atoms with van der Waals surface area (Å²) in [6.45, 7) is 0. The number of hydrogen-bond acceptors (Lipinski definition) is 3. The Morgan fingerprint density at radius 1 is 1.15 bits per heavy atom. The topological polar surface area (TPSA) is 63.4 Å². The molecular weight excluding hydrogens is 364 g/mol. The summed E-state index contributed by atoms with van der Waals surface area (Å²) in [5.74, 6) is 1.07. The second-order valence-electron chi connectivity index (χ2n) is 6.79. The predicted molar refractivity (Wildman–Crippen MR) is 106 cm³/mol. The number of aromatic amines is 1. The first-order valence-electron chi connectivity index (χ1n) is 8.90. The molecule has 1 aliphatic carbocycles. The third-order valence-electron chi connectivity index (χ3n) is 5.10. The number of aromatic nitrogens is 1. The summed E-state index contributed by atoms with van der Waals surface area (Å²) in [7, 11) is 3.14. The number of nitrogens with one attached hydrogen (secondary N) is 2. The maximum Gasteiger partial charge on any atom is 0.251 e. The lowest BCUT2D eigenvalue weighted by Crippen LogP contribution is -2.38. The Kier molecular flexibility index (Phi) is 4.70. The third kappa shape index (κ3) is 3.47. The number of H-pyrrole nitrogens is 1. The standard InChI is InChI=1S/C21H21ClN2O3/c1-26-15-7-12(8-16(11-15)27-2)21(25)23-14-4-6-19-18(10-14)17-5-3-13(22)9-20(17)24-19/h3,5,7-9,11,14,24H,4,6,10H2,1-2H3,(H,23,25). The van der Waals surface area contributed by atoms with Crippen LogP contribution in [-0.4, -0.2) is 31.2 Å². The molecule has 0 aliphatic heterocycles. The van der Waals surface area contributed by atoms with Crippen LogP contribution in [0.4, 0.5) is 0 Å². The molecule has 1 amide bonds. The highest BCUT2D eigenvalue weighted by atomic mass is 35.5. The highest BCUT2D eigenvalue weighted by Gasteiger charge is 2.24. The van der Waals surface area contributed by atoms with E-state index < -0.39 is 0 Å². The average molecular weight is 385 g/mol. The molecule has 0 saturated carbocycles. The van der Waals surface area contributed by atoms with E-state index in [-0.39, 0.29) is 11.9 Å². The van der Waals surface area contributed by atoms with Crippen molar-refractivity contribution in [1.82, 2.24) is 10.3 Å². The Morgan fingerprint density at radius 3 is 2.59 bits per heavy atom. The van der Waals surface area contributed by atoms with Gasteiger partial charge in [0.25, 0.3) is 5.91 Å². The Labute approximate surface area is 162 Å². The van der Waals surface area contributed by atoms with E-state index in [2.05, 4.69) is 10.3 Å². The molecule has 0 bridgehead atoms. The molecule has 1 aliphatic rings. The van der Waals surface area contributed by atoms with Gasteiger partial charge in [-0.05, 0) is 49.1 Å². The van der Waals surface area contributed by atoms with Gasteiger partial charge in [0, 0.05) is 39.3 Å². The van der Waals surface area contributed by atoms with Crippen LogP contribution in [0, 0.1) is 0 Å². The van der Waals surface area contributed by atoms with Gasteiger partial charge in [0.1, 0.15) is 11.5 Å². The van der Waals surface area contributed by atoms with Crippen LogP contribution in [0.3, 0.4) is 0 Å². The fraction of sp³-hybridized carbons (Fsp3) is 0.286. The van der Waals surface area contributed by atoms with Crippen molar-refractivity contribution in [2.45, 2.75) is 25.3 Å². The van der Waals surface area contributed by atoms with E-state index in [9.17, 15) is 4.79 Å². The van der Waals surface area contributed by atoms with Gasteiger partial charge in [-0.25, -0.2) is 0 Å². The summed E-state index contributed by atoms with van der Waals surface area (Å²) in [6.07, 6.45) is 2.58. The molecule has 1 aromatic heterocycles. The quantitative estimate of drug-likeness (QED) is 0.711. The first-order valence-corrected chi connectivity index (χ1v) is 9.28. The van der Waals surface area contributed by atoms with E-state index in [1.165, 1.54) is 16.6 Å². The van der Waals surface area contributed by atoms with Gasteiger partial charge in [0.15, 0.2) is 0 Å². The summed E-state index contributed by atoms with van der Waals surface area (Å²) in [5.41, 5.74) is 4.09. The molecule has 0 saturated heterocycles. The smallest absolute Gasteiger partial charge is 0.251 e. The summed E-state index contributed by atoms with van der Waals surface area (Å²) >= 11 is 6.10. The molecule has 140 valence electrons. The van der Waals surface area contributed by atoms with Crippen LogP contribution < -0.4 is 14.8 Å². The Bertz CT molecular complexity index is 990. The van der Waals surface area contributed by atoms with E-state index in [0.717, 1.165) is 29.8 Å². The highest BCUT2D eigenvalue weighted by molar-refractivity contribution is 6.31. The van der Waals surface area contributed by atoms with Gasteiger partial charge in [-0.1, -0.05) is 17.7 Å². The number of methoxy groups -OCH3 is 2. The number of rotatable bonds is 4. The maximum atomic E-state index is 12.8. The number of carbonyl (C=O) groups is 1. The minimum atomic E-state index is -0.122. The Hall–Kier alpha value is -2.66. The minimum absolute atomic E-state index is 0.0804. The molecule has 5 nitrogen and oxygen atoms in total. The zero-order valence-corrected chi connectivity index (χ0v) is 16.0. The second kappa shape index (κ2) is 7.16. The van der Waals surface area contributed by atoms with Crippen molar-refractivity contribution >= 4 is 28.4 Å². The van der Waals surface area contributed by atoms with Crippen LogP contribution in [0.1, 0.15) is 28.0 Å². The van der Waals surface area contributed by atoms with Gasteiger partial charge < -0.3 is 19.8 Å². The number of carbonyl (C=O) groups excluding carboxylic acids is 1. The fourth-order valence-electron chi connectivity index (χ4n) is 3.73. The molecule has 4 rings (SSSR count). The Morgan fingerprint density at radius 2 is 1.89 bits per heavy atom. The number of benzene rings is 2. The van der Waals surface area contributed by atoms with Crippen molar-refractivity contribution in [3.8, 4) is 11.5 Å². The first kappa shape index (κ1) is 17.7. The van der Waals surface area contributed by atoms with Crippen LogP contribution in [-0.2, 0) is 12.8 Å². The molecule has 0 spiro atoms. The zero-order valence-electron chi connectivity index (χ0n) is 15.3. The van der Waals surface area contributed by atoms with Crippen molar-refractivity contribution in [2.75, 3.05) is 14.2 Å². The summed E-state index contributed by atoms with van der Waals surface area (Å²) < 4.78 is 10.5. The second-order valence-corrected chi connectivity index (χ2v) is 7.22. The third-order valence-corrected chi connectivity index (χ3v) is 5.33. The molecule has 6 heteroatoms. The van der Waals surface area contributed by atoms with Gasteiger partial charge in [0.05, 0.1) is 14.2 Å². The van der Waals surface area contributed by atoms with Gasteiger partial charge in [-0.3, -0.25) is 4.79 Å². The molecular formula is C21H21ClN2O3. The molecule has 27 heavy (non-hydrogen) atoms. The van der Waals surface area contributed by atoms with E-state index in [0.29, 0.717) is 17.1 Å². The number of aryl methyl sites for hydroxylation is 1. The largest absolute Gasteiger partial charge is 0.497 e. The molecule has 1 atom stereocenters. The normalized spacial score (nSPS) is 16.0. The number of halogens is 1. The van der Waals surface area contributed by atoms with Crippen molar-refractivity contribution < 1.29 is 14.3 Å². The molecule has 2 N–H and O–H groups in total. The van der Waals surface area contributed by atoms with Gasteiger partial charge in [0.2, 0.25) is 0 Å². The van der Waals surface area contributed by atoms with Crippen LogP contribution >= 0.6 is 11.6 Å². The highest BCUT2D eigenvalue weighted by Crippen LogP contribution is 2.31. The predicted octanol–water partition coefficient (Wildman–Crippen LogP) is 4.13. The lowest BCUT2D eigenvalue weighted by molar-refractivity contribution is 0.0933. The van der Waals surface area contributed by atoms with Crippen LogP contribution in [0.25, 0.3) is 10.9 Å². The summed E-state index contributed by atoms with van der Waals surface area (Å²) in [5, 5.41) is 5.05. The lowest BCUT2D eigenvalue weighted by atomic mass is 9.91. The number of fused-ring (bicyclic) bond motifs is 3. The van der Waals surface area contributed by atoms with Crippen molar-refractivity contribution in [2.24, 2.45) is 0 Å². The van der Waals surface area contributed by atoms with E-state index in [1.54, 1.807) is 32.4 Å². The van der Waals surface area contributed by atoms with Crippen molar-refractivity contribution in [3.05, 3.63) is 58.2 Å². The number of ether oxygens (including phenoxy) is 2. The number of hydrogen-bond donors (Lipinski definition) is 2. The molecule has 3 aromatic rings. The monoisotopic (exact) mass is 384 g/mol. The summed E-state index contributed by atoms with van der Waals surface area (Å²) in [6, 6.07) is 11.2. The number of amides is 1. The minimum Gasteiger partial charge on any atom is -0.497 e. The van der Waals surface area contributed by atoms with Crippen molar-refractivity contribution in [1.29, 1.82) is 0 Å². The van der Waals surface area contributed by atoms with Crippen LogP contribution in [0.5, 0.6) is 11.5 Å². The van der Waals surface area contributed by atoms with E-state index in [4.69, 9.17) is 21.1 Å². The molecule has 0 radical (unpaired) electrons. The average Bonchev–Trinajstić information content (AvgIpc) is 3.04. The van der Waals surface area contributed by atoms with Crippen LogP contribution in [0.2, 0.25) is 5.02 Å². The zero-order chi connectivity index (χ0) is 19.0. The Balaban J connectivity index is 1.55. The summed E-state index contributed by atoms with van der Waals surface area (Å²) in [4.78, 5) is 16.2. The first-order chi connectivity index (χ1) is 13.1. The van der Waals surface area contributed by atoms with E-state index >= 15 is 0 Å². The molecule has 1 heterocycles. The van der Waals surface area contributed by atoms with Gasteiger partial charge in [-0.15, -0.1) is 0 Å². The van der Waals surface area contributed by atoms with Gasteiger partial charge in [-0.2, -0.15) is 0 Å². The molecule has 0 fully saturated rings. The van der Waals surface area contributed by atoms with Gasteiger partial charge >= 0.3 is 0 Å². The molecule has 1 unspecified atom stereocenters.